The van der Waals surface area contributed by atoms with Crippen molar-refractivity contribution < 1.29 is 13.2 Å². The van der Waals surface area contributed by atoms with Gasteiger partial charge in [-0.25, -0.2) is 4.98 Å². The summed E-state index contributed by atoms with van der Waals surface area (Å²) < 4.78 is 36.0. The molecule has 0 spiro atoms. The zero-order chi connectivity index (χ0) is 15.4. The Morgan fingerprint density at radius 3 is 1.61 bits per heavy atom. The van der Waals surface area contributed by atoms with E-state index in [1.165, 1.54) is 13.0 Å². The summed E-state index contributed by atoms with van der Waals surface area (Å²) in [6, 6.07) is 2.06. The van der Waals surface area contributed by atoms with Crippen molar-refractivity contribution in [2.24, 2.45) is 0 Å². The van der Waals surface area contributed by atoms with Gasteiger partial charge >= 0.3 is 6.18 Å². The monoisotopic (exact) mass is 266 g/mol. The first-order valence-corrected chi connectivity index (χ1v) is 6.21. The zero-order valence-electron chi connectivity index (χ0n) is 12.3. The molecule has 0 atom stereocenters. The minimum absolute atomic E-state index is 0.199. The lowest BCUT2D eigenvalue weighted by atomic mass is 10.2. The Bertz CT molecular complexity index is 297. The van der Waals surface area contributed by atoms with Gasteiger partial charge in [-0.3, -0.25) is 0 Å². The molecule has 1 aromatic heterocycles. The van der Waals surface area contributed by atoms with Gasteiger partial charge in [-0.2, -0.15) is 13.2 Å². The van der Waals surface area contributed by atoms with Gasteiger partial charge in [-0.15, -0.1) is 0 Å². The molecular weight excluding hydrogens is 241 g/mol. The van der Waals surface area contributed by atoms with E-state index in [1.807, 2.05) is 41.5 Å². The first-order chi connectivity index (χ1) is 8.41. The molecule has 5 heteroatoms. The number of rotatable bonds is 0. The second-order valence-electron chi connectivity index (χ2n) is 2.37. The molecule has 0 aliphatic rings. The number of nitrogens with zero attached hydrogens (tertiary/aromatic N) is 1. The van der Waals surface area contributed by atoms with Crippen molar-refractivity contribution in [2.45, 2.75) is 54.6 Å². The van der Waals surface area contributed by atoms with Crippen LogP contribution < -0.4 is 5.73 Å². The lowest BCUT2D eigenvalue weighted by molar-refractivity contribution is -0.141. The predicted octanol–water partition coefficient (Wildman–Crippen LogP) is 5.07. The van der Waals surface area contributed by atoms with E-state index in [2.05, 4.69) is 4.98 Å². The molecule has 1 heterocycles. The quantitative estimate of drug-likeness (QED) is 0.712. The average molecular weight is 266 g/mol. The Hall–Kier alpha value is -1.26. The van der Waals surface area contributed by atoms with E-state index in [1.54, 1.807) is 0 Å². The van der Waals surface area contributed by atoms with Crippen molar-refractivity contribution in [2.75, 3.05) is 5.73 Å². The van der Waals surface area contributed by atoms with Gasteiger partial charge in [-0.05, 0) is 19.1 Å². The van der Waals surface area contributed by atoms with Crippen LogP contribution in [0.4, 0.5) is 18.9 Å². The third-order valence-electron chi connectivity index (χ3n) is 1.42. The molecule has 108 valence electrons. The third kappa shape index (κ3) is 8.84. The molecular formula is C13H25F3N2. The summed E-state index contributed by atoms with van der Waals surface area (Å²) >= 11 is 0. The molecule has 0 aliphatic heterocycles. The highest BCUT2D eigenvalue weighted by Crippen LogP contribution is 2.28. The largest absolute Gasteiger partial charge is 0.433 e. The van der Waals surface area contributed by atoms with Crippen molar-refractivity contribution in [1.82, 2.24) is 4.98 Å². The van der Waals surface area contributed by atoms with Crippen LogP contribution >= 0.6 is 0 Å². The minimum Gasteiger partial charge on any atom is -0.397 e. The molecule has 0 bridgehead atoms. The van der Waals surface area contributed by atoms with Crippen molar-refractivity contribution in [3.8, 4) is 0 Å². The number of hydrogen-bond acceptors (Lipinski definition) is 2. The Balaban J connectivity index is -0.000000328. The molecule has 0 unspecified atom stereocenters. The number of anilines is 1. The van der Waals surface area contributed by atoms with E-state index in [0.29, 0.717) is 0 Å². The number of halogens is 3. The summed E-state index contributed by atoms with van der Waals surface area (Å²) in [6.45, 7) is 13.4. The number of aromatic nitrogens is 1. The number of alkyl halides is 3. The maximum Gasteiger partial charge on any atom is 0.433 e. The molecule has 0 aromatic carbocycles. The molecule has 0 radical (unpaired) electrons. The normalized spacial score (nSPS) is 8.78. The summed E-state index contributed by atoms with van der Waals surface area (Å²) in [6.07, 6.45) is -4.39. The summed E-state index contributed by atoms with van der Waals surface area (Å²) in [5.41, 5.74) is 4.86. The highest BCUT2D eigenvalue weighted by Gasteiger charge is 2.32. The topological polar surface area (TPSA) is 38.9 Å². The number of aryl methyl sites for hydroxylation is 1. The minimum atomic E-state index is -4.39. The highest BCUT2D eigenvalue weighted by atomic mass is 19.4. The van der Waals surface area contributed by atoms with E-state index in [0.717, 1.165) is 6.07 Å². The van der Waals surface area contributed by atoms with Crippen LogP contribution in [0.1, 0.15) is 52.9 Å². The fourth-order valence-electron chi connectivity index (χ4n) is 0.730. The molecule has 0 fully saturated rings. The molecule has 0 saturated carbocycles. The van der Waals surface area contributed by atoms with Crippen LogP contribution in [0, 0.1) is 6.92 Å². The van der Waals surface area contributed by atoms with Crippen molar-refractivity contribution in [3.05, 3.63) is 23.5 Å². The van der Waals surface area contributed by atoms with Crippen molar-refractivity contribution in [3.63, 3.8) is 0 Å². The number of nitrogens with two attached hydrogens (primary N) is 1. The number of pyridine rings is 1. The van der Waals surface area contributed by atoms with Gasteiger partial charge in [0.1, 0.15) is 5.69 Å². The lowest BCUT2D eigenvalue weighted by Crippen LogP contribution is -2.09. The van der Waals surface area contributed by atoms with Crippen molar-refractivity contribution >= 4 is 5.69 Å². The van der Waals surface area contributed by atoms with Gasteiger partial charge in [0.25, 0.3) is 0 Å². The molecule has 2 N–H and O–H groups in total. The average Bonchev–Trinajstić information content (AvgIpc) is 2.39. The molecule has 0 aliphatic carbocycles. The predicted molar refractivity (Wildman–Crippen MR) is 72.4 cm³/mol. The number of hydrogen-bond donors (Lipinski definition) is 1. The molecule has 1 aromatic rings. The van der Waals surface area contributed by atoms with Gasteiger partial charge in [0.15, 0.2) is 0 Å². The van der Waals surface area contributed by atoms with E-state index >= 15 is 0 Å². The van der Waals surface area contributed by atoms with Gasteiger partial charge in [0.2, 0.25) is 0 Å². The molecule has 0 saturated heterocycles. The first-order valence-electron chi connectivity index (χ1n) is 6.21. The SMILES string of the molecule is CC.CC.CC.Cc1nc(C(F)(F)F)ccc1N. The summed E-state index contributed by atoms with van der Waals surface area (Å²) in [7, 11) is 0. The second-order valence-corrected chi connectivity index (χ2v) is 2.37. The smallest absolute Gasteiger partial charge is 0.397 e. The second kappa shape index (κ2) is 12.2. The van der Waals surface area contributed by atoms with E-state index < -0.39 is 11.9 Å². The van der Waals surface area contributed by atoms with Gasteiger partial charge in [-0.1, -0.05) is 41.5 Å². The Kier molecular flexibility index (Phi) is 14.9. The summed E-state index contributed by atoms with van der Waals surface area (Å²) in [5, 5.41) is 0. The fourth-order valence-corrected chi connectivity index (χ4v) is 0.730. The van der Waals surface area contributed by atoms with Crippen LogP contribution in [0.5, 0.6) is 0 Å². The maximum atomic E-state index is 12.0. The van der Waals surface area contributed by atoms with Crippen LogP contribution in [0.15, 0.2) is 12.1 Å². The Morgan fingerprint density at radius 1 is 0.944 bits per heavy atom. The van der Waals surface area contributed by atoms with E-state index in [4.69, 9.17) is 5.73 Å². The summed E-state index contributed by atoms with van der Waals surface area (Å²) in [5.74, 6) is 0. The van der Waals surface area contributed by atoms with Crippen LogP contribution in [-0.2, 0) is 6.18 Å². The molecule has 2 nitrogen and oxygen atoms in total. The van der Waals surface area contributed by atoms with Crippen LogP contribution in [0.3, 0.4) is 0 Å². The standard InChI is InChI=1S/C7H7F3N2.3C2H6/c1-4-5(11)2-3-6(12-4)7(8,9)10;3*1-2/h2-3H,11H2,1H3;3*1-2H3. The van der Waals surface area contributed by atoms with Crippen molar-refractivity contribution in [1.29, 1.82) is 0 Å². The lowest BCUT2D eigenvalue weighted by Gasteiger charge is -2.06. The first kappa shape index (κ1) is 22.0. The molecule has 0 amide bonds. The van der Waals surface area contributed by atoms with Crippen LogP contribution in [-0.4, -0.2) is 4.98 Å². The van der Waals surface area contributed by atoms with E-state index in [-0.39, 0.29) is 11.4 Å². The molecule has 1 rings (SSSR count). The van der Waals surface area contributed by atoms with Gasteiger partial charge < -0.3 is 5.73 Å². The Morgan fingerprint density at radius 2 is 1.33 bits per heavy atom. The fraction of sp³-hybridized carbons (Fsp3) is 0.615. The highest BCUT2D eigenvalue weighted by molar-refractivity contribution is 5.42. The third-order valence-corrected chi connectivity index (χ3v) is 1.42. The van der Waals surface area contributed by atoms with Gasteiger partial charge in [0.05, 0.1) is 11.4 Å². The molecule has 18 heavy (non-hydrogen) atoms. The van der Waals surface area contributed by atoms with E-state index in [9.17, 15) is 13.2 Å². The van der Waals surface area contributed by atoms with Crippen LogP contribution in [0.25, 0.3) is 0 Å². The summed E-state index contributed by atoms with van der Waals surface area (Å²) in [4.78, 5) is 3.29. The zero-order valence-corrected chi connectivity index (χ0v) is 12.3. The number of nitrogen functional groups attached to an aromatic ring is 1. The Labute approximate surface area is 108 Å². The van der Waals surface area contributed by atoms with Gasteiger partial charge in [0, 0.05) is 0 Å². The van der Waals surface area contributed by atoms with Crippen LogP contribution in [0.2, 0.25) is 0 Å². The maximum absolute atomic E-state index is 12.0.